The number of aryl methyl sites for hydroxylation is 1. The van der Waals surface area contributed by atoms with Gasteiger partial charge in [-0.05, 0) is 47.2 Å². The number of nitrogens with one attached hydrogen (secondary N) is 1. The first-order chi connectivity index (χ1) is 10.3. The molecule has 0 saturated heterocycles. The van der Waals surface area contributed by atoms with Gasteiger partial charge in [0, 0.05) is 17.1 Å². The average molecular weight is 316 g/mol. The lowest BCUT2D eigenvalue weighted by molar-refractivity contribution is -0.116. The van der Waals surface area contributed by atoms with Crippen molar-refractivity contribution in [2.24, 2.45) is 0 Å². The summed E-state index contributed by atoms with van der Waals surface area (Å²) in [5, 5.41) is 3.54. The molecule has 2 aromatic carbocycles. The van der Waals surface area contributed by atoms with Gasteiger partial charge in [0.25, 0.3) is 0 Å². The van der Waals surface area contributed by atoms with Crippen LogP contribution in [0.15, 0.2) is 48.5 Å². The minimum absolute atomic E-state index is 0.0159. The van der Waals surface area contributed by atoms with E-state index < -0.39 is 0 Å². The van der Waals surface area contributed by atoms with E-state index in [0.717, 1.165) is 12.1 Å². The number of amides is 1. The third-order valence-corrected chi connectivity index (χ3v) is 3.84. The van der Waals surface area contributed by atoms with Crippen LogP contribution < -0.4 is 5.32 Å². The Kier molecular flexibility index (Phi) is 5.25. The third kappa shape index (κ3) is 4.88. The molecule has 0 aliphatic rings. The Labute approximate surface area is 137 Å². The number of hydrogen-bond donors (Lipinski definition) is 1. The fraction of sp³-hybridized carbons (Fsp3) is 0.316. The van der Waals surface area contributed by atoms with Gasteiger partial charge in [0.05, 0.1) is 0 Å². The molecule has 0 atom stereocenters. The first kappa shape index (κ1) is 16.6. The molecule has 0 fully saturated rings. The van der Waals surface area contributed by atoms with E-state index in [1.165, 1.54) is 11.1 Å². The Balaban J connectivity index is 1.87. The van der Waals surface area contributed by atoms with Crippen LogP contribution in [0.2, 0.25) is 5.02 Å². The van der Waals surface area contributed by atoms with Gasteiger partial charge in [-0.25, -0.2) is 0 Å². The van der Waals surface area contributed by atoms with E-state index in [2.05, 4.69) is 50.4 Å². The predicted molar refractivity (Wildman–Crippen MR) is 93.5 cm³/mol. The summed E-state index contributed by atoms with van der Waals surface area (Å²) in [5.41, 5.74) is 3.42. The van der Waals surface area contributed by atoms with Crippen molar-refractivity contribution in [2.75, 3.05) is 5.32 Å². The first-order valence-corrected chi connectivity index (χ1v) is 7.87. The first-order valence-electron chi connectivity index (χ1n) is 7.49. The molecule has 22 heavy (non-hydrogen) atoms. The van der Waals surface area contributed by atoms with Crippen molar-refractivity contribution in [2.45, 2.75) is 39.0 Å². The molecule has 1 amide bonds. The number of carbonyl (C=O) groups excluding carboxylic acids is 1. The number of carbonyl (C=O) groups is 1. The lowest BCUT2D eigenvalue weighted by Gasteiger charge is -2.19. The Morgan fingerprint density at radius 3 is 2.14 bits per heavy atom. The van der Waals surface area contributed by atoms with Crippen molar-refractivity contribution in [3.63, 3.8) is 0 Å². The van der Waals surface area contributed by atoms with Crippen molar-refractivity contribution in [3.8, 4) is 0 Å². The average Bonchev–Trinajstić information content (AvgIpc) is 2.47. The maximum absolute atomic E-state index is 12.0. The normalized spacial score (nSPS) is 11.3. The molecule has 0 aliphatic heterocycles. The summed E-state index contributed by atoms with van der Waals surface area (Å²) >= 11 is 5.82. The van der Waals surface area contributed by atoms with Crippen LogP contribution in [-0.2, 0) is 16.6 Å². The summed E-state index contributed by atoms with van der Waals surface area (Å²) in [7, 11) is 0. The quantitative estimate of drug-likeness (QED) is 0.824. The molecule has 2 rings (SSSR count). The zero-order chi connectivity index (χ0) is 16.2. The van der Waals surface area contributed by atoms with E-state index in [0.29, 0.717) is 11.4 Å². The van der Waals surface area contributed by atoms with Crippen molar-refractivity contribution in [1.29, 1.82) is 0 Å². The fourth-order valence-corrected chi connectivity index (χ4v) is 2.31. The molecule has 0 saturated carbocycles. The second-order valence-corrected chi connectivity index (χ2v) is 6.94. The van der Waals surface area contributed by atoms with Crippen molar-refractivity contribution in [3.05, 3.63) is 64.7 Å². The highest BCUT2D eigenvalue weighted by molar-refractivity contribution is 6.30. The van der Waals surface area contributed by atoms with Crippen LogP contribution in [0.5, 0.6) is 0 Å². The van der Waals surface area contributed by atoms with Gasteiger partial charge in [0.2, 0.25) is 5.91 Å². The van der Waals surface area contributed by atoms with Gasteiger partial charge < -0.3 is 5.32 Å². The largest absolute Gasteiger partial charge is 0.326 e. The Morgan fingerprint density at radius 1 is 1.00 bits per heavy atom. The summed E-state index contributed by atoms with van der Waals surface area (Å²) in [4.78, 5) is 12.0. The van der Waals surface area contributed by atoms with Gasteiger partial charge in [-0.15, -0.1) is 0 Å². The Bertz CT molecular complexity index is 624. The molecule has 116 valence electrons. The summed E-state index contributed by atoms with van der Waals surface area (Å²) in [5.74, 6) is 0.0159. The molecule has 2 nitrogen and oxygen atoms in total. The second kappa shape index (κ2) is 6.97. The second-order valence-electron chi connectivity index (χ2n) is 6.50. The molecular formula is C19H22ClNO. The number of benzene rings is 2. The molecule has 0 unspecified atom stereocenters. The van der Waals surface area contributed by atoms with Crippen LogP contribution in [0.25, 0.3) is 0 Å². The van der Waals surface area contributed by atoms with Gasteiger partial charge in [-0.1, -0.05) is 56.6 Å². The molecule has 1 N–H and O–H groups in total. The molecular weight excluding hydrogens is 294 g/mol. The van der Waals surface area contributed by atoms with Gasteiger partial charge in [0.1, 0.15) is 0 Å². The maximum atomic E-state index is 12.0. The van der Waals surface area contributed by atoms with Crippen LogP contribution in [0, 0.1) is 0 Å². The van der Waals surface area contributed by atoms with Gasteiger partial charge >= 0.3 is 0 Å². The Hall–Kier alpha value is -1.80. The minimum Gasteiger partial charge on any atom is -0.326 e. The van der Waals surface area contributed by atoms with Gasteiger partial charge in [-0.2, -0.15) is 0 Å². The van der Waals surface area contributed by atoms with Crippen molar-refractivity contribution in [1.82, 2.24) is 0 Å². The summed E-state index contributed by atoms with van der Waals surface area (Å²) in [6.45, 7) is 6.59. The van der Waals surface area contributed by atoms with Crippen molar-refractivity contribution >= 4 is 23.2 Å². The van der Waals surface area contributed by atoms with Crippen LogP contribution in [-0.4, -0.2) is 5.91 Å². The fourth-order valence-electron chi connectivity index (χ4n) is 2.19. The summed E-state index contributed by atoms with van der Waals surface area (Å²) in [6, 6.07) is 15.6. The number of halogens is 1. The summed E-state index contributed by atoms with van der Waals surface area (Å²) in [6.07, 6.45) is 1.21. The molecule has 0 bridgehead atoms. The molecule has 0 heterocycles. The molecule has 0 aromatic heterocycles. The molecule has 2 aromatic rings. The van der Waals surface area contributed by atoms with Crippen LogP contribution >= 0.6 is 11.6 Å². The monoisotopic (exact) mass is 315 g/mol. The van der Waals surface area contributed by atoms with E-state index in [4.69, 9.17) is 11.6 Å². The van der Waals surface area contributed by atoms with E-state index in [1.54, 1.807) is 24.3 Å². The molecule has 0 spiro atoms. The number of anilines is 1. The van der Waals surface area contributed by atoms with E-state index >= 15 is 0 Å². The van der Waals surface area contributed by atoms with Gasteiger partial charge in [-0.3, -0.25) is 4.79 Å². The predicted octanol–water partition coefficient (Wildman–Crippen LogP) is 5.21. The SMILES string of the molecule is CC(C)(C)c1ccc(CCC(=O)Nc2ccc(Cl)cc2)cc1. The smallest absolute Gasteiger partial charge is 0.224 e. The van der Waals surface area contributed by atoms with Gasteiger partial charge in [0.15, 0.2) is 0 Å². The van der Waals surface area contributed by atoms with E-state index in [-0.39, 0.29) is 11.3 Å². The molecule has 0 aliphatic carbocycles. The minimum atomic E-state index is 0.0159. The number of rotatable bonds is 4. The Morgan fingerprint density at radius 2 is 1.59 bits per heavy atom. The van der Waals surface area contributed by atoms with E-state index in [9.17, 15) is 4.79 Å². The van der Waals surface area contributed by atoms with Crippen LogP contribution in [0.1, 0.15) is 38.3 Å². The topological polar surface area (TPSA) is 29.1 Å². The van der Waals surface area contributed by atoms with Crippen LogP contribution in [0.4, 0.5) is 5.69 Å². The third-order valence-electron chi connectivity index (χ3n) is 3.59. The van der Waals surface area contributed by atoms with Crippen LogP contribution in [0.3, 0.4) is 0 Å². The zero-order valence-corrected chi connectivity index (χ0v) is 14.1. The zero-order valence-electron chi connectivity index (χ0n) is 13.3. The maximum Gasteiger partial charge on any atom is 0.224 e. The van der Waals surface area contributed by atoms with E-state index in [1.807, 2.05) is 0 Å². The highest BCUT2D eigenvalue weighted by Gasteiger charge is 2.13. The highest BCUT2D eigenvalue weighted by atomic mass is 35.5. The molecule has 0 radical (unpaired) electrons. The summed E-state index contributed by atoms with van der Waals surface area (Å²) < 4.78 is 0. The molecule has 3 heteroatoms. The lowest BCUT2D eigenvalue weighted by atomic mass is 9.86. The highest BCUT2D eigenvalue weighted by Crippen LogP contribution is 2.22. The lowest BCUT2D eigenvalue weighted by Crippen LogP contribution is -2.13. The number of hydrogen-bond acceptors (Lipinski definition) is 1. The standard InChI is InChI=1S/C19H22ClNO/c1-19(2,3)15-7-4-14(5-8-15)6-13-18(22)21-17-11-9-16(20)10-12-17/h4-5,7-12H,6,13H2,1-3H3,(H,21,22). The van der Waals surface area contributed by atoms with Crippen molar-refractivity contribution < 1.29 is 4.79 Å².